The summed E-state index contributed by atoms with van der Waals surface area (Å²) in [5.74, 6) is 0. The van der Waals surface area contributed by atoms with E-state index < -0.39 is 0 Å². The Morgan fingerprint density at radius 3 is 2.00 bits per heavy atom. The van der Waals surface area contributed by atoms with Gasteiger partial charge in [-0.1, -0.05) is 164 Å². The summed E-state index contributed by atoms with van der Waals surface area (Å²) >= 11 is 0. The molecule has 0 amide bonds. The zero-order chi connectivity index (χ0) is 38.3. The maximum atomic E-state index is 5.09. The molecule has 0 saturated carbocycles. The van der Waals surface area contributed by atoms with Gasteiger partial charge in [0.2, 0.25) is 0 Å². The van der Waals surface area contributed by atoms with Crippen molar-refractivity contribution < 1.29 is 0 Å². The maximum absolute atomic E-state index is 5.09. The molecule has 0 bridgehead atoms. The van der Waals surface area contributed by atoms with Crippen LogP contribution in [-0.2, 0) is 0 Å². The summed E-state index contributed by atoms with van der Waals surface area (Å²) in [5.41, 5.74) is 18.7. The number of benzene rings is 8. The molecule has 0 spiro atoms. The molecule has 0 heterocycles. The highest BCUT2D eigenvalue weighted by molar-refractivity contribution is 6.16. The van der Waals surface area contributed by atoms with Crippen LogP contribution in [0.4, 0.5) is 0 Å². The van der Waals surface area contributed by atoms with Crippen LogP contribution in [0.5, 0.6) is 0 Å². The average molecular weight is 728 g/mol. The quantitative estimate of drug-likeness (QED) is 0.138. The molecule has 0 aliphatic heterocycles. The lowest BCUT2D eigenvalue weighted by molar-refractivity contribution is 1.02. The van der Waals surface area contributed by atoms with E-state index in [9.17, 15) is 0 Å². The van der Waals surface area contributed by atoms with E-state index in [0.29, 0.717) is 0 Å². The third kappa shape index (κ3) is 6.48. The molecule has 8 aromatic rings. The third-order valence-electron chi connectivity index (χ3n) is 11.5. The van der Waals surface area contributed by atoms with Crippen molar-refractivity contribution in [2.24, 2.45) is 4.99 Å². The van der Waals surface area contributed by atoms with Gasteiger partial charge in [-0.15, -0.1) is 0 Å². The number of aliphatic imine (C=N–C) groups is 1. The molecular weight excluding hydrogens is 687 g/mol. The summed E-state index contributed by atoms with van der Waals surface area (Å²) in [7, 11) is 0. The van der Waals surface area contributed by atoms with Crippen molar-refractivity contribution in [3.05, 3.63) is 223 Å². The van der Waals surface area contributed by atoms with Crippen molar-refractivity contribution in [2.45, 2.75) is 19.8 Å². The highest BCUT2D eigenvalue weighted by Crippen LogP contribution is 2.48. The Balaban J connectivity index is 1.02. The number of fused-ring (bicyclic) bond motifs is 4. The normalized spacial score (nSPS) is 13.5. The molecule has 0 N–H and O–H groups in total. The minimum Gasteiger partial charge on any atom is -0.248 e. The molecule has 8 aromatic carbocycles. The standard InChI is InChI=1S/C56H41N/c1-37(31-55(40-17-7-4-8-18-40)57-38(2)39-15-5-3-6-16-39)42-22-11-25-47(32-42)53-36-48(34-46-19-9-10-26-49(46)53)44-24-12-23-43(33-44)45-29-30-50-51-27-13-20-41-21-14-28-52(56(41)51)54(50)35-45/h4-5,7-36H,2-3,6H2,1H3/b37-31+,57-55+. The highest BCUT2D eigenvalue weighted by atomic mass is 14.8. The molecule has 270 valence electrons. The van der Waals surface area contributed by atoms with Gasteiger partial charge < -0.3 is 0 Å². The van der Waals surface area contributed by atoms with Crippen molar-refractivity contribution in [3.8, 4) is 55.6 Å². The van der Waals surface area contributed by atoms with Crippen LogP contribution in [0.1, 0.15) is 30.9 Å². The van der Waals surface area contributed by atoms with E-state index >= 15 is 0 Å². The van der Waals surface area contributed by atoms with Gasteiger partial charge in [-0.25, -0.2) is 4.99 Å². The molecule has 0 radical (unpaired) electrons. The van der Waals surface area contributed by atoms with Gasteiger partial charge in [-0.3, -0.25) is 0 Å². The Morgan fingerprint density at radius 1 is 0.509 bits per heavy atom. The van der Waals surface area contributed by atoms with E-state index in [1.54, 1.807) is 0 Å². The Kier molecular flexibility index (Phi) is 8.77. The van der Waals surface area contributed by atoms with Crippen molar-refractivity contribution in [2.75, 3.05) is 0 Å². The highest BCUT2D eigenvalue weighted by Gasteiger charge is 2.21. The van der Waals surface area contributed by atoms with Crippen LogP contribution >= 0.6 is 0 Å². The SMILES string of the molecule is C=C(/N=C(\C=C(/C)c1cccc(-c2cc(-c3cccc(-c4ccc5c(c4)-c4cccc6cccc-5c46)c3)cc3ccccc23)c1)c1ccccc1)C1=CCCC=C1. The fourth-order valence-corrected chi connectivity index (χ4v) is 8.61. The van der Waals surface area contributed by atoms with Gasteiger partial charge in [0.05, 0.1) is 11.4 Å². The summed E-state index contributed by atoms with van der Waals surface area (Å²) in [4.78, 5) is 5.09. The first kappa shape index (κ1) is 34.4. The number of rotatable bonds is 8. The largest absolute Gasteiger partial charge is 0.248 e. The molecule has 0 fully saturated rings. The second-order valence-electron chi connectivity index (χ2n) is 15.2. The van der Waals surface area contributed by atoms with Crippen LogP contribution in [0.3, 0.4) is 0 Å². The minimum absolute atomic E-state index is 0.786. The summed E-state index contributed by atoms with van der Waals surface area (Å²) in [6, 6.07) is 62.1. The Hall–Kier alpha value is -7.09. The fourth-order valence-electron chi connectivity index (χ4n) is 8.61. The Morgan fingerprint density at radius 2 is 1.18 bits per heavy atom. The molecular formula is C56H41N. The first-order valence-corrected chi connectivity index (χ1v) is 19.9. The van der Waals surface area contributed by atoms with Gasteiger partial charge in [-0.2, -0.15) is 0 Å². The summed E-state index contributed by atoms with van der Waals surface area (Å²) < 4.78 is 0. The first-order chi connectivity index (χ1) is 28.1. The third-order valence-corrected chi connectivity index (χ3v) is 11.5. The van der Waals surface area contributed by atoms with E-state index in [4.69, 9.17) is 4.99 Å². The van der Waals surface area contributed by atoms with Crippen molar-refractivity contribution in [1.82, 2.24) is 0 Å². The van der Waals surface area contributed by atoms with Crippen LogP contribution in [0.25, 0.3) is 82.8 Å². The second kappa shape index (κ2) is 14.5. The van der Waals surface area contributed by atoms with Crippen molar-refractivity contribution >= 4 is 32.8 Å². The van der Waals surface area contributed by atoms with Gasteiger partial charge in [0.25, 0.3) is 0 Å². The Labute approximate surface area is 335 Å². The molecule has 0 saturated heterocycles. The van der Waals surface area contributed by atoms with Crippen LogP contribution in [0.15, 0.2) is 217 Å². The fraction of sp³-hybridized carbons (Fsp3) is 0.0536. The van der Waals surface area contributed by atoms with E-state index in [1.807, 2.05) is 6.07 Å². The Bertz CT molecular complexity index is 3020. The predicted octanol–water partition coefficient (Wildman–Crippen LogP) is 15.3. The number of allylic oxidation sites excluding steroid dienone is 5. The van der Waals surface area contributed by atoms with E-state index in [2.05, 4.69) is 202 Å². The van der Waals surface area contributed by atoms with Gasteiger partial charge in [0.15, 0.2) is 0 Å². The minimum atomic E-state index is 0.786. The lowest BCUT2D eigenvalue weighted by Gasteiger charge is -2.14. The molecule has 1 heteroatoms. The summed E-state index contributed by atoms with van der Waals surface area (Å²) in [6.45, 7) is 6.53. The van der Waals surface area contributed by atoms with Crippen LogP contribution < -0.4 is 0 Å². The molecule has 1 nitrogen and oxygen atoms in total. The van der Waals surface area contributed by atoms with Gasteiger partial charge in [-0.05, 0) is 150 Å². The lowest BCUT2D eigenvalue weighted by atomic mass is 9.90. The monoisotopic (exact) mass is 727 g/mol. The predicted molar refractivity (Wildman–Crippen MR) is 244 cm³/mol. The second-order valence-corrected chi connectivity index (χ2v) is 15.2. The zero-order valence-electron chi connectivity index (χ0n) is 32.0. The van der Waals surface area contributed by atoms with E-state index in [1.165, 1.54) is 77.2 Å². The van der Waals surface area contributed by atoms with Crippen LogP contribution in [-0.4, -0.2) is 5.71 Å². The molecule has 2 aliphatic carbocycles. The smallest absolute Gasteiger partial charge is 0.0712 e. The van der Waals surface area contributed by atoms with Crippen LogP contribution in [0.2, 0.25) is 0 Å². The number of hydrogen-bond donors (Lipinski definition) is 0. The lowest BCUT2D eigenvalue weighted by Crippen LogP contribution is -2.00. The van der Waals surface area contributed by atoms with Gasteiger partial charge in [0, 0.05) is 5.56 Å². The van der Waals surface area contributed by atoms with Crippen molar-refractivity contribution in [1.29, 1.82) is 0 Å². The first-order valence-electron chi connectivity index (χ1n) is 19.9. The molecule has 0 atom stereocenters. The van der Waals surface area contributed by atoms with Crippen LogP contribution in [0, 0.1) is 0 Å². The summed E-state index contributed by atoms with van der Waals surface area (Å²) in [6.07, 6.45) is 10.9. The number of nitrogens with zero attached hydrogens (tertiary/aromatic N) is 1. The maximum Gasteiger partial charge on any atom is 0.0712 e. The van der Waals surface area contributed by atoms with E-state index in [-0.39, 0.29) is 0 Å². The molecule has 0 unspecified atom stereocenters. The average Bonchev–Trinajstić information content (AvgIpc) is 3.60. The van der Waals surface area contributed by atoms with Crippen molar-refractivity contribution in [3.63, 3.8) is 0 Å². The molecule has 10 rings (SSSR count). The van der Waals surface area contributed by atoms with Gasteiger partial charge >= 0.3 is 0 Å². The number of hydrogen-bond acceptors (Lipinski definition) is 1. The van der Waals surface area contributed by atoms with Gasteiger partial charge in [0.1, 0.15) is 0 Å². The van der Waals surface area contributed by atoms with E-state index in [0.717, 1.165) is 46.5 Å². The summed E-state index contributed by atoms with van der Waals surface area (Å²) in [5, 5.41) is 5.12. The molecule has 57 heavy (non-hydrogen) atoms. The zero-order valence-corrected chi connectivity index (χ0v) is 32.0. The molecule has 0 aromatic heterocycles. The molecule has 2 aliphatic rings. The topological polar surface area (TPSA) is 12.4 Å².